The van der Waals surface area contributed by atoms with Gasteiger partial charge >= 0.3 is 6.03 Å². The number of amides is 2. The Bertz CT molecular complexity index is 364. The highest BCUT2D eigenvalue weighted by Crippen LogP contribution is 2.23. The molecule has 0 radical (unpaired) electrons. The molecule has 0 aromatic heterocycles. The third-order valence-electron chi connectivity index (χ3n) is 4.32. The fourth-order valence-electron chi connectivity index (χ4n) is 3.18. The van der Waals surface area contributed by atoms with Crippen molar-refractivity contribution in [3.05, 3.63) is 0 Å². The number of aliphatic hydroxyl groups is 1. The Morgan fingerprint density at radius 1 is 1.30 bits per heavy atom. The zero-order valence-electron chi connectivity index (χ0n) is 12.2. The van der Waals surface area contributed by atoms with Gasteiger partial charge in [-0.2, -0.15) is 0 Å². The summed E-state index contributed by atoms with van der Waals surface area (Å²) in [7, 11) is -0.854. The number of nitrogens with one attached hydrogen (secondary N) is 1. The van der Waals surface area contributed by atoms with Crippen molar-refractivity contribution < 1.29 is 14.1 Å². The van der Waals surface area contributed by atoms with Crippen LogP contribution in [-0.2, 0) is 10.8 Å². The van der Waals surface area contributed by atoms with Crippen LogP contribution < -0.4 is 5.32 Å². The van der Waals surface area contributed by atoms with Crippen molar-refractivity contribution in [1.29, 1.82) is 0 Å². The van der Waals surface area contributed by atoms with E-state index in [0.29, 0.717) is 18.8 Å². The zero-order valence-corrected chi connectivity index (χ0v) is 13.0. The van der Waals surface area contributed by atoms with Crippen LogP contribution in [0.1, 0.15) is 45.4 Å². The Morgan fingerprint density at radius 2 is 2.05 bits per heavy atom. The number of carbonyl (C=O) groups excluding carboxylic acids is 1. The number of piperidine rings is 1. The van der Waals surface area contributed by atoms with Crippen LogP contribution in [0.15, 0.2) is 0 Å². The average molecular weight is 302 g/mol. The van der Waals surface area contributed by atoms with E-state index in [1.807, 2.05) is 6.92 Å². The molecule has 0 unspecified atom stereocenters. The third kappa shape index (κ3) is 3.95. The maximum Gasteiger partial charge on any atom is 0.317 e. The van der Waals surface area contributed by atoms with Crippen LogP contribution in [0.4, 0.5) is 4.79 Å². The molecule has 116 valence electrons. The van der Waals surface area contributed by atoms with Gasteiger partial charge in [-0.3, -0.25) is 4.21 Å². The molecule has 1 saturated carbocycles. The summed E-state index contributed by atoms with van der Waals surface area (Å²) in [6.07, 6.45) is 5.27. The topological polar surface area (TPSA) is 69.6 Å². The van der Waals surface area contributed by atoms with E-state index in [0.717, 1.165) is 38.5 Å². The molecule has 0 aromatic rings. The predicted molar refractivity (Wildman–Crippen MR) is 80.1 cm³/mol. The number of nitrogens with zero attached hydrogens (tertiary/aromatic N) is 1. The summed E-state index contributed by atoms with van der Waals surface area (Å²) in [4.78, 5) is 14.0. The second kappa shape index (κ2) is 7.41. The van der Waals surface area contributed by atoms with Gasteiger partial charge in [-0.25, -0.2) is 4.79 Å². The van der Waals surface area contributed by atoms with Gasteiger partial charge in [0.25, 0.3) is 0 Å². The van der Waals surface area contributed by atoms with Crippen LogP contribution in [0.2, 0.25) is 0 Å². The first-order chi connectivity index (χ1) is 9.61. The van der Waals surface area contributed by atoms with Crippen LogP contribution in [0, 0.1) is 0 Å². The molecule has 2 amide bonds. The first kappa shape index (κ1) is 15.8. The highest BCUT2D eigenvalue weighted by atomic mass is 32.2. The van der Waals surface area contributed by atoms with E-state index in [4.69, 9.17) is 0 Å². The molecule has 2 N–H and O–H groups in total. The van der Waals surface area contributed by atoms with Crippen LogP contribution in [0.5, 0.6) is 0 Å². The van der Waals surface area contributed by atoms with Gasteiger partial charge in [0, 0.05) is 35.7 Å². The van der Waals surface area contributed by atoms with E-state index in [2.05, 4.69) is 5.32 Å². The van der Waals surface area contributed by atoms with Gasteiger partial charge in [0.15, 0.2) is 0 Å². The van der Waals surface area contributed by atoms with Crippen molar-refractivity contribution >= 4 is 16.8 Å². The Balaban J connectivity index is 1.92. The highest BCUT2D eigenvalue weighted by Gasteiger charge is 2.32. The van der Waals surface area contributed by atoms with Crippen molar-refractivity contribution in [2.75, 3.05) is 18.8 Å². The second-order valence-corrected chi connectivity index (χ2v) is 7.73. The molecule has 20 heavy (non-hydrogen) atoms. The lowest BCUT2D eigenvalue weighted by molar-refractivity contribution is 0.0828. The molecule has 2 fully saturated rings. The smallest absolute Gasteiger partial charge is 0.317 e. The number of likely N-dealkylation sites (tertiary alicyclic amines) is 1. The van der Waals surface area contributed by atoms with E-state index < -0.39 is 16.9 Å². The molecule has 1 aliphatic heterocycles. The molecule has 1 saturated heterocycles. The lowest BCUT2D eigenvalue weighted by Crippen LogP contribution is -2.54. The van der Waals surface area contributed by atoms with E-state index >= 15 is 0 Å². The minimum absolute atomic E-state index is 0.0242. The SMILES string of the molecule is CC[S@@](=O)[C@@H]1CCCC[C@@H]1NC(=O)N1CCC[C@H](O)C1. The predicted octanol–water partition coefficient (Wildman–Crippen LogP) is 1.23. The van der Waals surface area contributed by atoms with Crippen molar-refractivity contribution in [2.45, 2.75) is 62.8 Å². The number of aliphatic hydroxyl groups excluding tert-OH is 1. The first-order valence-corrected chi connectivity index (χ1v) is 9.10. The molecule has 1 heterocycles. The third-order valence-corrected chi connectivity index (χ3v) is 6.13. The maximum absolute atomic E-state index is 12.3. The normalized spacial score (nSPS) is 32.7. The standard InChI is InChI=1S/C14H26N2O3S/c1-2-20(19)13-8-4-3-7-12(13)15-14(18)16-9-5-6-11(17)10-16/h11-13,17H,2-10H2,1H3,(H,15,18)/t11-,12-,13+,20+/m0/s1. The first-order valence-electron chi connectivity index (χ1n) is 7.72. The maximum atomic E-state index is 12.3. The summed E-state index contributed by atoms with van der Waals surface area (Å²) in [5.41, 5.74) is 0. The minimum atomic E-state index is -0.854. The van der Waals surface area contributed by atoms with Gasteiger partial charge in [0.05, 0.1) is 11.4 Å². The summed E-state index contributed by atoms with van der Waals surface area (Å²) in [5, 5.41) is 12.8. The molecule has 0 spiro atoms. The lowest BCUT2D eigenvalue weighted by Gasteiger charge is -2.35. The van der Waals surface area contributed by atoms with E-state index in [1.165, 1.54) is 0 Å². The molecular weight excluding hydrogens is 276 g/mol. The summed E-state index contributed by atoms with van der Waals surface area (Å²) in [5.74, 6) is 0.652. The zero-order chi connectivity index (χ0) is 14.5. The minimum Gasteiger partial charge on any atom is -0.391 e. The van der Waals surface area contributed by atoms with Gasteiger partial charge < -0.3 is 15.3 Å². The highest BCUT2D eigenvalue weighted by molar-refractivity contribution is 7.85. The number of β-amino-alcohol motifs (C(OH)–C–C–N with tert-alkyl or cyclic N) is 1. The van der Waals surface area contributed by atoms with Crippen molar-refractivity contribution in [3.63, 3.8) is 0 Å². The quantitative estimate of drug-likeness (QED) is 0.824. The van der Waals surface area contributed by atoms with Gasteiger partial charge in [0.2, 0.25) is 0 Å². The van der Waals surface area contributed by atoms with E-state index in [9.17, 15) is 14.1 Å². The molecule has 4 atom stereocenters. The lowest BCUT2D eigenvalue weighted by atomic mass is 9.95. The molecule has 1 aliphatic carbocycles. The number of rotatable bonds is 3. The van der Waals surface area contributed by atoms with Gasteiger partial charge in [-0.1, -0.05) is 19.8 Å². The van der Waals surface area contributed by atoms with Crippen LogP contribution in [-0.4, -0.2) is 56.5 Å². The van der Waals surface area contributed by atoms with Gasteiger partial charge in [-0.05, 0) is 25.7 Å². The summed E-state index contributed by atoms with van der Waals surface area (Å²) in [6.45, 7) is 3.06. The Morgan fingerprint density at radius 3 is 2.75 bits per heavy atom. The van der Waals surface area contributed by atoms with Gasteiger partial charge in [-0.15, -0.1) is 0 Å². The van der Waals surface area contributed by atoms with E-state index in [1.54, 1.807) is 4.90 Å². The largest absolute Gasteiger partial charge is 0.391 e. The molecule has 0 aromatic carbocycles. The summed E-state index contributed by atoms with van der Waals surface area (Å²) in [6, 6.07) is -0.0788. The fourth-order valence-corrected chi connectivity index (χ4v) is 4.61. The fraction of sp³-hybridized carbons (Fsp3) is 0.929. The molecule has 6 heteroatoms. The Kier molecular flexibility index (Phi) is 5.84. The van der Waals surface area contributed by atoms with Crippen molar-refractivity contribution in [2.24, 2.45) is 0 Å². The second-order valence-electron chi connectivity index (χ2n) is 5.79. The number of carbonyl (C=O) groups is 1. The number of hydrogen-bond donors (Lipinski definition) is 2. The molecular formula is C14H26N2O3S. The van der Waals surface area contributed by atoms with Crippen LogP contribution in [0.25, 0.3) is 0 Å². The van der Waals surface area contributed by atoms with Crippen molar-refractivity contribution in [1.82, 2.24) is 10.2 Å². The van der Waals surface area contributed by atoms with Crippen molar-refractivity contribution in [3.8, 4) is 0 Å². The Labute approximate surface area is 123 Å². The van der Waals surface area contributed by atoms with Gasteiger partial charge in [0.1, 0.15) is 0 Å². The molecule has 2 aliphatic rings. The average Bonchev–Trinajstić information content (AvgIpc) is 2.47. The number of hydrogen-bond acceptors (Lipinski definition) is 3. The molecule has 5 nitrogen and oxygen atoms in total. The van der Waals surface area contributed by atoms with E-state index in [-0.39, 0.29) is 17.3 Å². The summed E-state index contributed by atoms with van der Waals surface area (Å²) >= 11 is 0. The van der Waals surface area contributed by atoms with Crippen LogP contribution >= 0.6 is 0 Å². The monoisotopic (exact) mass is 302 g/mol. The Hall–Kier alpha value is -0.620. The summed E-state index contributed by atoms with van der Waals surface area (Å²) < 4.78 is 12.1. The molecule has 0 bridgehead atoms. The molecule has 2 rings (SSSR count). The van der Waals surface area contributed by atoms with Crippen LogP contribution in [0.3, 0.4) is 0 Å². The number of urea groups is 1.